The number of hydrogen-bond acceptors (Lipinski definition) is 0. The normalized spacial score (nSPS) is 21.1. The molecule has 2 rings (SSSR count). The zero-order valence-electron chi connectivity index (χ0n) is 22.8. The van der Waals surface area contributed by atoms with Gasteiger partial charge in [-0.25, -0.2) is 0 Å². The minimum Gasteiger partial charge on any atom is -0.103 e. The van der Waals surface area contributed by atoms with Crippen LogP contribution in [0.25, 0.3) is 0 Å². The SMILES string of the molecule is C=C/C(=C\C)C1(c2ccccc2)CC(C)CC1C=C.CC.CC.CC.CC.CCC. The Morgan fingerprint density at radius 1 is 0.933 bits per heavy atom. The van der Waals surface area contributed by atoms with Gasteiger partial charge in [-0.05, 0) is 42.7 Å². The summed E-state index contributed by atoms with van der Waals surface area (Å²) in [5, 5.41) is 0. The topological polar surface area (TPSA) is 0 Å². The maximum atomic E-state index is 4.09. The number of allylic oxidation sites excluding steroid dienone is 4. The van der Waals surface area contributed by atoms with Crippen LogP contribution in [0.5, 0.6) is 0 Å². The van der Waals surface area contributed by atoms with E-state index in [1.807, 2.05) is 61.5 Å². The van der Waals surface area contributed by atoms with Crippen molar-refractivity contribution in [2.75, 3.05) is 0 Å². The van der Waals surface area contributed by atoms with Crippen molar-refractivity contribution < 1.29 is 0 Å². The lowest BCUT2D eigenvalue weighted by Crippen LogP contribution is -2.31. The van der Waals surface area contributed by atoms with Crippen LogP contribution >= 0.6 is 0 Å². The van der Waals surface area contributed by atoms with E-state index in [2.05, 4.69) is 83.3 Å². The van der Waals surface area contributed by atoms with Crippen molar-refractivity contribution in [3.63, 3.8) is 0 Å². The van der Waals surface area contributed by atoms with Gasteiger partial charge < -0.3 is 0 Å². The Kier molecular flexibility index (Phi) is 30.4. The summed E-state index contributed by atoms with van der Waals surface area (Å²) < 4.78 is 0. The molecule has 3 unspecified atom stereocenters. The predicted molar refractivity (Wildman–Crippen MR) is 146 cm³/mol. The molecule has 0 aromatic heterocycles. The molecule has 1 aliphatic carbocycles. The van der Waals surface area contributed by atoms with E-state index in [1.165, 1.54) is 30.4 Å². The fourth-order valence-corrected chi connectivity index (χ4v) is 3.84. The van der Waals surface area contributed by atoms with Crippen LogP contribution in [0.15, 0.2) is 67.3 Å². The lowest BCUT2D eigenvalue weighted by Gasteiger charge is -2.36. The van der Waals surface area contributed by atoms with Crippen LogP contribution in [0.2, 0.25) is 0 Å². The van der Waals surface area contributed by atoms with Crippen molar-refractivity contribution in [3.8, 4) is 0 Å². The first kappa shape index (κ1) is 35.9. The van der Waals surface area contributed by atoms with Crippen molar-refractivity contribution in [2.45, 2.75) is 108 Å². The Labute approximate surface area is 192 Å². The molecule has 0 spiro atoms. The van der Waals surface area contributed by atoms with Crippen LogP contribution in [0, 0.1) is 11.8 Å². The summed E-state index contributed by atoms with van der Waals surface area (Å²) in [4.78, 5) is 0. The van der Waals surface area contributed by atoms with Crippen LogP contribution in [0.4, 0.5) is 0 Å². The van der Waals surface area contributed by atoms with Gasteiger partial charge in [0.15, 0.2) is 0 Å². The highest BCUT2D eigenvalue weighted by molar-refractivity contribution is 5.45. The Morgan fingerprint density at radius 3 is 1.70 bits per heavy atom. The molecule has 30 heavy (non-hydrogen) atoms. The van der Waals surface area contributed by atoms with E-state index in [0.717, 1.165) is 5.92 Å². The average molecular weight is 417 g/mol. The molecule has 0 bridgehead atoms. The van der Waals surface area contributed by atoms with E-state index in [9.17, 15) is 0 Å². The molecule has 3 atom stereocenters. The van der Waals surface area contributed by atoms with Crippen molar-refractivity contribution in [1.29, 1.82) is 0 Å². The second kappa shape index (κ2) is 25.5. The van der Waals surface area contributed by atoms with Crippen LogP contribution < -0.4 is 0 Å². The van der Waals surface area contributed by atoms with Gasteiger partial charge in [0.25, 0.3) is 0 Å². The third-order valence-electron chi connectivity index (χ3n) is 4.58. The summed E-state index contributed by atoms with van der Waals surface area (Å²) in [6.07, 6.45) is 10.0. The number of benzene rings is 1. The first-order chi connectivity index (χ1) is 14.6. The molecule has 0 amide bonds. The molecule has 1 saturated carbocycles. The summed E-state index contributed by atoms with van der Waals surface area (Å²) in [5.41, 5.74) is 2.81. The second-order valence-corrected chi connectivity index (χ2v) is 6.38. The monoisotopic (exact) mass is 416 g/mol. The lowest BCUT2D eigenvalue weighted by molar-refractivity contribution is 0.439. The highest BCUT2D eigenvalue weighted by Crippen LogP contribution is 2.53. The molecule has 0 heterocycles. The first-order valence-corrected chi connectivity index (χ1v) is 12.6. The maximum absolute atomic E-state index is 4.09. The van der Waals surface area contributed by atoms with Gasteiger partial charge in [-0.2, -0.15) is 0 Å². The van der Waals surface area contributed by atoms with E-state index < -0.39 is 0 Å². The van der Waals surface area contributed by atoms with Gasteiger partial charge in [-0.3, -0.25) is 0 Å². The molecule has 1 fully saturated rings. The predicted octanol–water partition coefficient (Wildman–Crippen LogP) is 10.8. The quantitative estimate of drug-likeness (QED) is 0.338. The van der Waals surface area contributed by atoms with E-state index in [0.29, 0.717) is 5.92 Å². The van der Waals surface area contributed by atoms with Crippen molar-refractivity contribution in [3.05, 3.63) is 72.9 Å². The molecule has 0 saturated heterocycles. The molecular formula is C30H56. The summed E-state index contributed by atoms with van der Waals surface area (Å²) in [6, 6.07) is 10.9. The van der Waals surface area contributed by atoms with Crippen LogP contribution in [0.1, 0.15) is 108 Å². The minimum atomic E-state index is 0.0684. The highest BCUT2D eigenvalue weighted by atomic mass is 14.5. The average Bonchev–Trinajstić information content (AvgIpc) is 3.18. The van der Waals surface area contributed by atoms with Gasteiger partial charge in [-0.15, -0.1) is 6.58 Å². The number of rotatable bonds is 4. The summed E-state index contributed by atoms with van der Waals surface area (Å²) >= 11 is 0. The maximum Gasteiger partial charge on any atom is 0.0264 e. The fraction of sp³-hybridized carbons (Fsp3) is 0.600. The third-order valence-corrected chi connectivity index (χ3v) is 4.58. The zero-order valence-corrected chi connectivity index (χ0v) is 22.8. The highest BCUT2D eigenvalue weighted by Gasteiger charge is 2.47. The summed E-state index contributed by atoms with van der Waals surface area (Å²) in [6.45, 7) is 32.8. The molecule has 0 aliphatic heterocycles. The van der Waals surface area contributed by atoms with Gasteiger partial charge in [0.1, 0.15) is 0 Å². The summed E-state index contributed by atoms with van der Waals surface area (Å²) in [7, 11) is 0. The molecule has 1 aromatic carbocycles. The van der Waals surface area contributed by atoms with Crippen LogP contribution in [-0.4, -0.2) is 0 Å². The Morgan fingerprint density at radius 2 is 1.37 bits per heavy atom. The smallest absolute Gasteiger partial charge is 0.0264 e. The van der Waals surface area contributed by atoms with Gasteiger partial charge >= 0.3 is 0 Å². The van der Waals surface area contributed by atoms with E-state index in [1.54, 1.807) is 0 Å². The van der Waals surface area contributed by atoms with Crippen molar-refractivity contribution in [1.82, 2.24) is 0 Å². The molecule has 1 aromatic rings. The standard InChI is InChI=1S/C19H24.C3H8.4C2H6/c1-5-16(6-2)19(18-11-9-8-10-12-18)14-15(4)13-17(19)7-3;1-3-2;4*1-2/h5-12,15,17H,1,3,13-14H2,2,4H3;3H2,1-2H3;4*1-2H3/b16-6+;;;;;. The van der Waals surface area contributed by atoms with Gasteiger partial charge in [0.2, 0.25) is 0 Å². The Balaban J connectivity index is -0.000000265. The van der Waals surface area contributed by atoms with Crippen molar-refractivity contribution >= 4 is 0 Å². The Hall–Kier alpha value is -1.56. The molecule has 0 N–H and O–H groups in total. The third kappa shape index (κ3) is 11.0. The van der Waals surface area contributed by atoms with Crippen LogP contribution in [0.3, 0.4) is 0 Å². The van der Waals surface area contributed by atoms with Gasteiger partial charge in [0, 0.05) is 5.41 Å². The molecular weight excluding hydrogens is 360 g/mol. The van der Waals surface area contributed by atoms with E-state index in [4.69, 9.17) is 0 Å². The molecule has 0 radical (unpaired) electrons. The lowest BCUT2D eigenvalue weighted by atomic mass is 9.66. The van der Waals surface area contributed by atoms with Gasteiger partial charge in [0.05, 0.1) is 0 Å². The molecule has 0 nitrogen and oxygen atoms in total. The van der Waals surface area contributed by atoms with E-state index >= 15 is 0 Å². The second-order valence-electron chi connectivity index (χ2n) is 6.38. The number of hydrogen-bond donors (Lipinski definition) is 0. The molecule has 0 heteroatoms. The van der Waals surface area contributed by atoms with Gasteiger partial charge in [-0.1, -0.05) is 138 Å². The van der Waals surface area contributed by atoms with E-state index in [-0.39, 0.29) is 5.41 Å². The molecule has 1 aliphatic rings. The first-order valence-electron chi connectivity index (χ1n) is 12.6. The molecule has 176 valence electrons. The largest absolute Gasteiger partial charge is 0.103 e. The van der Waals surface area contributed by atoms with Crippen molar-refractivity contribution in [2.24, 2.45) is 11.8 Å². The van der Waals surface area contributed by atoms with Crippen LogP contribution in [-0.2, 0) is 5.41 Å². The summed E-state index contributed by atoms with van der Waals surface area (Å²) in [5.74, 6) is 1.22. The minimum absolute atomic E-state index is 0.0684. The Bertz CT molecular complexity index is 494. The fourth-order valence-electron chi connectivity index (χ4n) is 3.84. The zero-order chi connectivity index (χ0) is 24.6.